The molecule has 102 valence electrons. The quantitative estimate of drug-likeness (QED) is 0.816. The Balaban J connectivity index is 2.03. The van der Waals surface area contributed by atoms with Crippen molar-refractivity contribution < 1.29 is 4.42 Å². The van der Waals surface area contributed by atoms with Crippen molar-refractivity contribution in [3.8, 4) is 11.3 Å². The van der Waals surface area contributed by atoms with Crippen molar-refractivity contribution in [2.24, 2.45) is 0 Å². The van der Waals surface area contributed by atoms with Gasteiger partial charge in [-0.15, -0.1) is 0 Å². The maximum atomic E-state index is 6.05. The van der Waals surface area contributed by atoms with E-state index in [0.717, 1.165) is 53.7 Å². The summed E-state index contributed by atoms with van der Waals surface area (Å²) in [7, 11) is 0. The number of nitrogens with zero attached hydrogens (tertiary/aromatic N) is 1. The highest BCUT2D eigenvalue weighted by Crippen LogP contribution is 2.25. The summed E-state index contributed by atoms with van der Waals surface area (Å²) in [4.78, 5) is 4.31. The molecule has 0 saturated carbocycles. The summed E-state index contributed by atoms with van der Waals surface area (Å²) >= 11 is 6.05. The molecule has 19 heavy (non-hydrogen) atoms. The summed E-state index contributed by atoms with van der Waals surface area (Å²) in [5.74, 6) is 1.56. The fourth-order valence-corrected chi connectivity index (χ4v) is 2.27. The molecule has 0 aliphatic carbocycles. The summed E-state index contributed by atoms with van der Waals surface area (Å²) in [6, 6.07) is 5.88. The van der Waals surface area contributed by atoms with Crippen molar-refractivity contribution in [2.75, 3.05) is 13.1 Å². The van der Waals surface area contributed by atoms with E-state index in [1.165, 1.54) is 0 Å². The summed E-state index contributed by atoms with van der Waals surface area (Å²) in [5, 5.41) is 4.01. The monoisotopic (exact) mass is 278 g/mol. The predicted octanol–water partition coefficient (Wildman–Crippen LogP) is 3.85. The van der Waals surface area contributed by atoms with Crippen LogP contribution in [0.3, 0.4) is 0 Å². The largest absolute Gasteiger partial charge is 0.441 e. The van der Waals surface area contributed by atoms with Crippen molar-refractivity contribution >= 4 is 11.6 Å². The van der Waals surface area contributed by atoms with Gasteiger partial charge in [-0.1, -0.05) is 18.5 Å². The van der Waals surface area contributed by atoms with Crippen LogP contribution in [-0.4, -0.2) is 18.1 Å². The molecule has 0 aliphatic heterocycles. The third-order valence-corrected chi connectivity index (χ3v) is 3.09. The minimum absolute atomic E-state index is 0.722. The Morgan fingerprint density at radius 3 is 2.89 bits per heavy atom. The van der Waals surface area contributed by atoms with Gasteiger partial charge in [0.05, 0.1) is 6.20 Å². The second-order valence-corrected chi connectivity index (χ2v) is 5.03. The minimum atomic E-state index is 0.722. The van der Waals surface area contributed by atoms with Crippen LogP contribution in [0.1, 0.15) is 24.8 Å². The average molecular weight is 279 g/mol. The van der Waals surface area contributed by atoms with Crippen molar-refractivity contribution in [1.82, 2.24) is 10.3 Å². The van der Waals surface area contributed by atoms with Gasteiger partial charge in [-0.3, -0.25) is 0 Å². The Hall–Kier alpha value is -1.32. The zero-order valence-corrected chi connectivity index (χ0v) is 12.1. The fraction of sp³-hybridized carbons (Fsp3) is 0.400. The molecule has 0 saturated heterocycles. The smallest absolute Gasteiger partial charge is 0.194 e. The molecule has 0 spiro atoms. The number of aryl methyl sites for hydroxylation is 2. The van der Waals surface area contributed by atoms with Crippen LogP contribution < -0.4 is 5.32 Å². The lowest BCUT2D eigenvalue weighted by Crippen LogP contribution is -2.14. The fourth-order valence-electron chi connectivity index (χ4n) is 1.98. The summed E-state index contributed by atoms with van der Waals surface area (Å²) in [5.41, 5.74) is 2.10. The van der Waals surface area contributed by atoms with Gasteiger partial charge < -0.3 is 9.73 Å². The Morgan fingerprint density at radius 2 is 2.16 bits per heavy atom. The van der Waals surface area contributed by atoms with Crippen LogP contribution in [0.25, 0.3) is 11.3 Å². The number of aromatic nitrogens is 1. The lowest BCUT2D eigenvalue weighted by Gasteiger charge is -2.00. The van der Waals surface area contributed by atoms with E-state index in [9.17, 15) is 0 Å². The van der Waals surface area contributed by atoms with Crippen LogP contribution in [0.4, 0.5) is 0 Å². The highest BCUT2D eigenvalue weighted by atomic mass is 35.5. The molecule has 1 heterocycles. The third kappa shape index (κ3) is 4.08. The van der Waals surface area contributed by atoms with E-state index in [-0.39, 0.29) is 0 Å². The van der Waals surface area contributed by atoms with Gasteiger partial charge in [0.15, 0.2) is 11.7 Å². The molecule has 1 aromatic carbocycles. The number of nitrogens with one attached hydrogen (secondary N) is 1. The van der Waals surface area contributed by atoms with Crippen LogP contribution in [0, 0.1) is 6.92 Å². The molecule has 2 aromatic rings. The predicted molar refractivity (Wildman–Crippen MR) is 78.6 cm³/mol. The number of hydrogen-bond acceptors (Lipinski definition) is 3. The van der Waals surface area contributed by atoms with E-state index in [1.54, 1.807) is 6.20 Å². The molecule has 0 fully saturated rings. The maximum Gasteiger partial charge on any atom is 0.194 e. The van der Waals surface area contributed by atoms with Crippen LogP contribution >= 0.6 is 11.6 Å². The first-order valence-corrected chi connectivity index (χ1v) is 7.00. The topological polar surface area (TPSA) is 38.1 Å². The highest BCUT2D eigenvalue weighted by Gasteiger charge is 2.07. The van der Waals surface area contributed by atoms with Crippen molar-refractivity contribution in [1.29, 1.82) is 0 Å². The van der Waals surface area contributed by atoms with Crippen molar-refractivity contribution in [3.05, 3.63) is 40.9 Å². The van der Waals surface area contributed by atoms with Gasteiger partial charge in [-0.25, -0.2) is 4.98 Å². The molecule has 0 aliphatic rings. The van der Waals surface area contributed by atoms with E-state index in [2.05, 4.69) is 23.3 Å². The van der Waals surface area contributed by atoms with Gasteiger partial charge in [-0.05, 0) is 50.2 Å². The summed E-state index contributed by atoms with van der Waals surface area (Å²) < 4.78 is 5.76. The standard InChI is InChI=1S/C15H19ClN2O/c1-3-17-6-4-5-15-18-10-14(19-15)12-7-11(2)8-13(16)9-12/h7-10,17H,3-6H2,1-2H3. The van der Waals surface area contributed by atoms with Crippen molar-refractivity contribution in [3.63, 3.8) is 0 Å². The zero-order chi connectivity index (χ0) is 13.7. The van der Waals surface area contributed by atoms with Gasteiger partial charge in [0, 0.05) is 17.0 Å². The van der Waals surface area contributed by atoms with Gasteiger partial charge in [-0.2, -0.15) is 0 Å². The molecule has 0 radical (unpaired) electrons. The number of rotatable bonds is 6. The second kappa shape index (κ2) is 6.73. The second-order valence-electron chi connectivity index (χ2n) is 4.59. The Bertz CT molecular complexity index is 516. The summed E-state index contributed by atoms with van der Waals surface area (Å²) in [6.07, 6.45) is 3.66. The Morgan fingerprint density at radius 1 is 1.32 bits per heavy atom. The van der Waals surface area contributed by atoms with E-state index >= 15 is 0 Å². The molecule has 0 atom stereocenters. The van der Waals surface area contributed by atoms with Crippen LogP contribution in [0.2, 0.25) is 5.02 Å². The molecule has 1 N–H and O–H groups in total. The average Bonchev–Trinajstić information content (AvgIpc) is 2.82. The first-order chi connectivity index (χ1) is 9.19. The summed E-state index contributed by atoms with van der Waals surface area (Å²) in [6.45, 7) is 6.11. The maximum absolute atomic E-state index is 6.05. The van der Waals surface area contributed by atoms with E-state index in [0.29, 0.717) is 0 Å². The van der Waals surface area contributed by atoms with Gasteiger partial charge in [0.1, 0.15) is 0 Å². The number of hydrogen-bond donors (Lipinski definition) is 1. The van der Waals surface area contributed by atoms with Gasteiger partial charge >= 0.3 is 0 Å². The lowest BCUT2D eigenvalue weighted by molar-refractivity contribution is 0.493. The van der Waals surface area contributed by atoms with Crippen molar-refractivity contribution in [2.45, 2.75) is 26.7 Å². The first-order valence-electron chi connectivity index (χ1n) is 6.62. The van der Waals surface area contributed by atoms with E-state index in [1.807, 2.05) is 19.1 Å². The zero-order valence-electron chi connectivity index (χ0n) is 11.4. The molecule has 1 aromatic heterocycles. The van der Waals surface area contributed by atoms with Crippen LogP contribution in [0.15, 0.2) is 28.8 Å². The third-order valence-electron chi connectivity index (χ3n) is 2.87. The molecule has 3 nitrogen and oxygen atoms in total. The number of oxazole rings is 1. The molecule has 4 heteroatoms. The molecule has 0 bridgehead atoms. The Labute approximate surface area is 119 Å². The van der Waals surface area contributed by atoms with Crippen LogP contribution in [-0.2, 0) is 6.42 Å². The van der Waals surface area contributed by atoms with Crippen LogP contribution in [0.5, 0.6) is 0 Å². The van der Waals surface area contributed by atoms with Gasteiger partial charge in [0.25, 0.3) is 0 Å². The molecule has 2 rings (SSSR count). The van der Waals surface area contributed by atoms with E-state index < -0.39 is 0 Å². The number of halogens is 1. The number of benzene rings is 1. The molecular formula is C15H19ClN2O. The first kappa shape index (κ1) is 14.1. The van der Waals surface area contributed by atoms with Gasteiger partial charge in [0.2, 0.25) is 0 Å². The normalized spacial score (nSPS) is 10.9. The molecular weight excluding hydrogens is 260 g/mol. The molecule has 0 amide bonds. The lowest BCUT2D eigenvalue weighted by atomic mass is 10.1. The SMILES string of the molecule is CCNCCCc1ncc(-c2cc(C)cc(Cl)c2)o1. The molecule has 0 unspecified atom stereocenters. The Kier molecular flexibility index (Phi) is 5.00. The minimum Gasteiger partial charge on any atom is -0.441 e. The highest BCUT2D eigenvalue weighted by molar-refractivity contribution is 6.30. The van der Waals surface area contributed by atoms with E-state index in [4.69, 9.17) is 16.0 Å².